The highest BCUT2D eigenvalue weighted by atomic mass is 19.1. The molecule has 0 saturated carbocycles. The van der Waals surface area contributed by atoms with Crippen molar-refractivity contribution < 1.29 is 19.0 Å². The first-order chi connectivity index (χ1) is 14.4. The number of methoxy groups -OCH3 is 1. The number of nitrogens with one attached hydrogen (secondary N) is 1. The summed E-state index contributed by atoms with van der Waals surface area (Å²) in [5.74, 6) is -1.29. The van der Waals surface area contributed by atoms with Gasteiger partial charge in [0.2, 0.25) is 0 Å². The Morgan fingerprint density at radius 1 is 1.13 bits per heavy atom. The normalized spacial score (nSPS) is 10.9. The van der Waals surface area contributed by atoms with Crippen LogP contribution >= 0.6 is 0 Å². The highest BCUT2D eigenvalue weighted by Gasteiger charge is 2.19. The number of benzene rings is 2. The molecule has 0 aliphatic rings. The lowest BCUT2D eigenvalue weighted by atomic mass is 9.99. The van der Waals surface area contributed by atoms with Crippen LogP contribution in [0.5, 0.6) is 11.5 Å². The van der Waals surface area contributed by atoms with Crippen LogP contribution < -0.4 is 4.74 Å². The molecule has 30 heavy (non-hydrogen) atoms. The van der Waals surface area contributed by atoms with Gasteiger partial charge in [-0.15, -0.1) is 0 Å². The van der Waals surface area contributed by atoms with Gasteiger partial charge in [-0.1, -0.05) is 18.2 Å². The van der Waals surface area contributed by atoms with Crippen LogP contribution in [0.4, 0.5) is 4.39 Å². The van der Waals surface area contributed by atoms with Gasteiger partial charge in [0.1, 0.15) is 11.4 Å². The van der Waals surface area contributed by atoms with E-state index in [1.54, 1.807) is 27.4 Å². The molecule has 0 fully saturated rings. The Morgan fingerprint density at radius 2 is 1.90 bits per heavy atom. The number of aromatic nitrogens is 2. The molecule has 4 rings (SSSR count). The summed E-state index contributed by atoms with van der Waals surface area (Å²) in [4.78, 5) is 21.2. The van der Waals surface area contributed by atoms with Gasteiger partial charge < -0.3 is 19.7 Å². The second-order valence-corrected chi connectivity index (χ2v) is 7.08. The molecule has 1 amide bonds. The lowest BCUT2D eigenvalue weighted by Gasteiger charge is -2.13. The van der Waals surface area contributed by atoms with E-state index >= 15 is 0 Å². The van der Waals surface area contributed by atoms with E-state index in [-0.39, 0.29) is 5.56 Å². The van der Waals surface area contributed by atoms with Crippen LogP contribution in [0.3, 0.4) is 0 Å². The number of amides is 1. The number of hydrogen-bond donors (Lipinski definition) is 2. The van der Waals surface area contributed by atoms with Crippen LogP contribution in [-0.2, 0) is 0 Å². The van der Waals surface area contributed by atoms with Crippen molar-refractivity contribution in [1.29, 1.82) is 0 Å². The van der Waals surface area contributed by atoms with Gasteiger partial charge >= 0.3 is 0 Å². The summed E-state index contributed by atoms with van der Waals surface area (Å²) in [6.45, 7) is 0. The molecule has 0 bridgehead atoms. The number of aromatic hydroxyl groups is 1. The van der Waals surface area contributed by atoms with Gasteiger partial charge in [-0.25, -0.2) is 9.37 Å². The molecule has 0 aliphatic carbocycles. The van der Waals surface area contributed by atoms with Crippen molar-refractivity contribution in [3.8, 4) is 33.8 Å². The maximum Gasteiger partial charge on any atom is 0.257 e. The highest BCUT2D eigenvalue weighted by molar-refractivity contribution is 5.99. The minimum Gasteiger partial charge on any atom is -0.504 e. The molecule has 2 aromatic carbocycles. The topological polar surface area (TPSA) is 78.5 Å². The number of nitrogens with zero attached hydrogens (tertiary/aromatic N) is 2. The summed E-state index contributed by atoms with van der Waals surface area (Å²) < 4.78 is 19.9. The molecule has 0 unspecified atom stereocenters. The SMILES string of the molecule is COc1ccccc1-c1c[nH]c2ncc(-c3cc(F)c(O)c(C(=O)N(C)C)c3)cc12. The van der Waals surface area contributed by atoms with Crippen molar-refractivity contribution in [2.45, 2.75) is 0 Å². The van der Waals surface area contributed by atoms with E-state index in [1.165, 1.54) is 17.0 Å². The average molecular weight is 405 g/mol. The molecule has 4 aromatic rings. The molecule has 7 heteroatoms. The lowest BCUT2D eigenvalue weighted by Crippen LogP contribution is -2.22. The van der Waals surface area contributed by atoms with Crippen LogP contribution in [0.1, 0.15) is 10.4 Å². The first kappa shape index (κ1) is 19.4. The summed E-state index contributed by atoms with van der Waals surface area (Å²) in [5.41, 5.74) is 3.41. The summed E-state index contributed by atoms with van der Waals surface area (Å²) >= 11 is 0. The zero-order chi connectivity index (χ0) is 21.4. The van der Waals surface area contributed by atoms with Gasteiger partial charge in [0, 0.05) is 48.6 Å². The third-order valence-electron chi connectivity index (χ3n) is 4.96. The molecule has 0 aliphatic heterocycles. The monoisotopic (exact) mass is 405 g/mol. The number of hydrogen-bond acceptors (Lipinski definition) is 4. The van der Waals surface area contributed by atoms with E-state index in [2.05, 4.69) is 9.97 Å². The largest absolute Gasteiger partial charge is 0.504 e. The predicted molar refractivity (Wildman–Crippen MR) is 113 cm³/mol. The maximum absolute atomic E-state index is 14.4. The molecule has 2 N–H and O–H groups in total. The number of phenols is 1. The van der Waals surface area contributed by atoms with Crippen molar-refractivity contribution in [3.05, 3.63) is 66.2 Å². The molecular formula is C23H20FN3O3. The summed E-state index contributed by atoms with van der Waals surface area (Å²) in [5, 5.41) is 10.8. The summed E-state index contributed by atoms with van der Waals surface area (Å²) in [6.07, 6.45) is 3.44. The molecule has 2 heterocycles. The fraction of sp³-hybridized carbons (Fsp3) is 0.130. The van der Waals surface area contributed by atoms with Crippen molar-refractivity contribution in [1.82, 2.24) is 14.9 Å². The van der Waals surface area contributed by atoms with Gasteiger partial charge in [0.25, 0.3) is 5.91 Å². The van der Waals surface area contributed by atoms with E-state index in [4.69, 9.17) is 4.74 Å². The van der Waals surface area contributed by atoms with E-state index < -0.39 is 17.5 Å². The minimum absolute atomic E-state index is 0.103. The number of rotatable bonds is 4. The van der Waals surface area contributed by atoms with Crippen LogP contribution in [0.2, 0.25) is 0 Å². The van der Waals surface area contributed by atoms with E-state index in [9.17, 15) is 14.3 Å². The fourth-order valence-corrected chi connectivity index (χ4v) is 3.42. The molecule has 0 saturated heterocycles. The quantitative estimate of drug-likeness (QED) is 0.526. The Kier molecular flexibility index (Phi) is 4.87. The van der Waals surface area contributed by atoms with Crippen LogP contribution in [0.15, 0.2) is 54.9 Å². The van der Waals surface area contributed by atoms with E-state index in [0.29, 0.717) is 16.8 Å². The van der Waals surface area contributed by atoms with Crippen LogP contribution in [0.25, 0.3) is 33.3 Å². The molecule has 0 atom stereocenters. The van der Waals surface area contributed by atoms with Gasteiger partial charge in [0.15, 0.2) is 11.6 Å². The van der Waals surface area contributed by atoms with Crippen molar-refractivity contribution in [3.63, 3.8) is 0 Å². The van der Waals surface area contributed by atoms with E-state index in [1.807, 2.05) is 36.5 Å². The number of H-pyrrole nitrogens is 1. The van der Waals surface area contributed by atoms with Gasteiger partial charge in [0.05, 0.1) is 12.7 Å². The summed E-state index contributed by atoms with van der Waals surface area (Å²) in [7, 11) is 4.69. The number of fused-ring (bicyclic) bond motifs is 1. The minimum atomic E-state index is -0.864. The number of para-hydroxylation sites is 1. The van der Waals surface area contributed by atoms with E-state index in [0.717, 1.165) is 22.3 Å². The second-order valence-electron chi connectivity index (χ2n) is 7.08. The molecular weight excluding hydrogens is 385 g/mol. The zero-order valence-corrected chi connectivity index (χ0v) is 16.7. The molecule has 6 nitrogen and oxygen atoms in total. The van der Waals surface area contributed by atoms with Crippen molar-refractivity contribution in [2.24, 2.45) is 0 Å². The Hall–Kier alpha value is -3.87. The number of aromatic amines is 1. The van der Waals surface area contributed by atoms with Gasteiger partial charge in [-0.05, 0) is 29.8 Å². The van der Waals surface area contributed by atoms with Crippen molar-refractivity contribution >= 4 is 16.9 Å². The Balaban J connectivity index is 1.88. The third-order valence-corrected chi connectivity index (χ3v) is 4.96. The first-order valence-corrected chi connectivity index (χ1v) is 9.25. The number of pyridine rings is 1. The Labute approximate surface area is 172 Å². The van der Waals surface area contributed by atoms with Gasteiger partial charge in [-0.2, -0.15) is 0 Å². The second kappa shape index (κ2) is 7.51. The number of carbonyl (C=O) groups excluding carboxylic acids is 1. The Bertz CT molecular complexity index is 1260. The number of carbonyl (C=O) groups is 1. The number of halogens is 1. The van der Waals surface area contributed by atoms with Crippen LogP contribution in [0, 0.1) is 5.82 Å². The fourth-order valence-electron chi connectivity index (χ4n) is 3.42. The molecule has 0 radical (unpaired) electrons. The zero-order valence-electron chi connectivity index (χ0n) is 16.7. The van der Waals surface area contributed by atoms with Crippen molar-refractivity contribution in [2.75, 3.05) is 21.2 Å². The average Bonchev–Trinajstić information content (AvgIpc) is 3.18. The highest BCUT2D eigenvalue weighted by Crippen LogP contribution is 2.37. The molecule has 2 aromatic heterocycles. The standard InChI is InChI=1S/C23H20FN3O3/c1-27(2)23(29)17-8-13(10-19(24)21(17)28)14-9-16-18(12-26-22(16)25-11-14)15-6-4-5-7-20(15)30-3/h4-12,28H,1-3H3,(H,25,26). The van der Waals surface area contributed by atoms with Crippen LogP contribution in [-0.4, -0.2) is 47.1 Å². The number of ether oxygens (including phenoxy) is 1. The number of phenolic OH excluding ortho intramolecular Hbond substituents is 1. The first-order valence-electron chi connectivity index (χ1n) is 9.25. The smallest absolute Gasteiger partial charge is 0.257 e. The Morgan fingerprint density at radius 3 is 2.63 bits per heavy atom. The molecule has 152 valence electrons. The van der Waals surface area contributed by atoms with Gasteiger partial charge in [-0.3, -0.25) is 4.79 Å². The predicted octanol–water partition coefficient (Wildman–Crippen LogP) is 4.45. The summed E-state index contributed by atoms with van der Waals surface area (Å²) in [6, 6.07) is 12.2. The maximum atomic E-state index is 14.4. The third kappa shape index (κ3) is 3.24. The lowest BCUT2D eigenvalue weighted by molar-refractivity contribution is 0.0824. The molecule has 0 spiro atoms.